The third kappa shape index (κ3) is 3.16. The van der Waals surface area contributed by atoms with E-state index in [1.165, 1.54) is 6.33 Å². The molecule has 0 aliphatic heterocycles. The molecule has 0 amide bonds. The number of hydrogen-bond donors (Lipinski definition) is 1. The molecule has 1 aromatic heterocycles. The molecule has 2 rings (SSSR count). The molecule has 1 N–H and O–H groups in total. The Morgan fingerprint density at radius 3 is 2.84 bits per heavy atom. The van der Waals surface area contributed by atoms with Crippen LogP contribution in [0.15, 0.2) is 29.0 Å². The van der Waals surface area contributed by atoms with Gasteiger partial charge in [0, 0.05) is 17.3 Å². The van der Waals surface area contributed by atoms with Gasteiger partial charge in [-0.25, -0.2) is 9.97 Å². The maximum atomic E-state index is 6.06. The van der Waals surface area contributed by atoms with Crippen molar-refractivity contribution in [2.24, 2.45) is 0 Å². The molecule has 0 atom stereocenters. The van der Waals surface area contributed by atoms with E-state index in [0.717, 1.165) is 27.9 Å². The van der Waals surface area contributed by atoms with Gasteiger partial charge in [0.25, 0.3) is 0 Å². The summed E-state index contributed by atoms with van der Waals surface area (Å²) < 4.78 is 6.16. The molecule has 0 radical (unpaired) electrons. The van der Waals surface area contributed by atoms with Crippen LogP contribution >= 0.6 is 27.5 Å². The normalized spacial score (nSPS) is 10.3. The van der Waals surface area contributed by atoms with Gasteiger partial charge in [-0.3, -0.25) is 0 Å². The molecule has 0 saturated heterocycles. The maximum Gasteiger partial charge on any atom is 0.138 e. The van der Waals surface area contributed by atoms with Crippen molar-refractivity contribution >= 4 is 39.0 Å². The number of benzene rings is 1. The van der Waals surface area contributed by atoms with E-state index in [1.807, 2.05) is 25.1 Å². The van der Waals surface area contributed by atoms with Crippen molar-refractivity contribution < 1.29 is 4.74 Å². The molecule has 0 unspecified atom stereocenters. The summed E-state index contributed by atoms with van der Waals surface area (Å²) in [7, 11) is 1.63. The van der Waals surface area contributed by atoms with Crippen LogP contribution in [0, 0.1) is 0 Å². The molecule has 1 aromatic carbocycles. The average molecular weight is 343 g/mol. The Bertz CT molecular complexity index is 592. The van der Waals surface area contributed by atoms with Crippen molar-refractivity contribution in [2.45, 2.75) is 13.3 Å². The van der Waals surface area contributed by atoms with Crippen LogP contribution in [-0.4, -0.2) is 17.1 Å². The van der Waals surface area contributed by atoms with E-state index in [2.05, 4.69) is 31.2 Å². The molecular weight excluding hydrogens is 330 g/mol. The average Bonchev–Trinajstić information content (AvgIpc) is 2.41. The molecule has 1 heterocycles. The monoisotopic (exact) mass is 341 g/mol. The Labute approximate surface area is 125 Å². The van der Waals surface area contributed by atoms with E-state index < -0.39 is 0 Å². The summed E-state index contributed by atoms with van der Waals surface area (Å²) in [4.78, 5) is 8.21. The van der Waals surface area contributed by atoms with Crippen LogP contribution in [0.2, 0.25) is 5.15 Å². The second-order valence-corrected chi connectivity index (χ2v) is 5.03. The van der Waals surface area contributed by atoms with Gasteiger partial charge in [0.15, 0.2) is 0 Å². The molecular formula is C13H13BrClN3O. The van der Waals surface area contributed by atoms with E-state index >= 15 is 0 Å². The molecule has 0 bridgehead atoms. The number of halogens is 2. The molecule has 6 heteroatoms. The number of nitrogens with zero attached hydrogens (tertiary/aromatic N) is 2. The smallest absolute Gasteiger partial charge is 0.138 e. The van der Waals surface area contributed by atoms with Crippen molar-refractivity contribution in [1.82, 2.24) is 9.97 Å². The van der Waals surface area contributed by atoms with Crippen molar-refractivity contribution in [3.63, 3.8) is 0 Å². The predicted molar refractivity (Wildman–Crippen MR) is 80.4 cm³/mol. The van der Waals surface area contributed by atoms with Gasteiger partial charge >= 0.3 is 0 Å². The Balaban J connectivity index is 2.33. The highest BCUT2D eigenvalue weighted by Gasteiger charge is 2.09. The molecule has 0 fully saturated rings. The third-order valence-electron chi connectivity index (χ3n) is 2.66. The number of methoxy groups -OCH3 is 1. The fourth-order valence-corrected chi connectivity index (χ4v) is 2.36. The molecule has 100 valence electrons. The standard InChI is InChI=1S/C13H13BrClN3O/c1-3-9-12(15)16-7-17-13(9)18-8-4-5-10(14)11(6-8)19-2/h4-7H,3H2,1-2H3,(H,16,17,18). The van der Waals surface area contributed by atoms with E-state index in [9.17, 15) is 0 Å². The summed E-state index contributed by atoms with van der Waals surface area (Å²) in [5.74, 6) is 1.47. The zero-order chi connectivity index (χ0) is 13.8. The number of nitrogens with one attached hydrogen (secondary N) is 1. The summed E-state index contributed by atoms with van der Waals surface area (Å²) >= 11 is 9.47. The van der Waals surface area contributed by atoms with Gasteiger partial charge in [-0.1, -0.05) is 18.5 Å². The van der Waals surface area contributed by atoms with E-state index in [4.69, 9.17) is 16.3 Å². The van der Waals surface area contributed by atoms with Gasteiger partial charge in [0.1, 0.15) is 23.0 Å². The highest BCUT2D eigenvalue weighted by molar-refractivity contribution is 9.10. The minimum Gasteiger partial charge on any atom is -0.495 e. The second-order valence-electron chi connectivity index (χ2n) is 3.82. The first-order valence-electron chi connectivity index (χ1n) is 5.75. The third-order valence-corrected chi connectivity index (χ3v) is 3.64. The lowest BCUT2D eigenvalue weighted by atomic mass is 10.2. The van der Waals surface area contributed by atoms with Crippen LogP contribution in [0.3, 0.4) is 0 Å². The Hall–Kier alpha value is -1.33. The largest absolute Gasteiger partial charge is 0.495 e. The van der Waals surface area contributed by atoms with Gasteiger partial charge in [-0.05, 0) is 34.5 Å². The lowest BCUT2D eigenvalue weighted by Gasteiger charge is -2.12. The van der Waals surface area contributed by atoms with Gasteiger partial charge in [0.2, 0.25) is 0 Å². The summed E-state index contributed by atoms with van der Waals surface area (Å²) in [6, 6.07) is 5.73. The predicted octanol–water partition coefficient (Wildman–Crippen LogP) is 4.21. The summed E-state index contributed by atoms with van der Waals surface area (Å²) in [5, 5.41) is 3.71. The number of aromatic nitrogens is 2. The SMILES string of the molecule is CCc1c(Cl)ncnc1Nc1ccc(Br)c(OC)c1. The van der Waals surface area contributed by atoms with Crippen molar-refractivity contribution in [1.29, 1.82) is 0 Å². The highest BCUT2D eigenvalue weighted by Crippen LogP contribution is 2.30. The van der Waals surface area contributed by atoms with Crippen molar-refractivity contribution in [2.75, 3.05) is 12.4 Å². The van der Waals surface area contributed by atoms with Gasteiger partial charge < -0.3 is 10.1 Å². The minimum atomic E-state index is 0.476. The molecule has 0 saturated carbocycles. The lowest BCUT2D eigenvalue weighted by molar-refractivity contribution is 0.412. The van der Waals surface area contributed by atoms with E-state index in [0.29, 0.717) is 11.0 Å². The first-order chi connectivity index (χ1) is 9.15. The maximum absolute atomic E-state index is 6.06. The first kappa shape index (κ1) is 14.1. The van der Waals surface area contributed by atoms with Crippen LogP contribution in [-0.2, 0) is 6.42 Å². The van der Waals surface area contributed by atoms with Crippen LogP contribution in [0.1, 0.15) is 12.5 Å². The van der Waals surface area contributed by atoms with Gasteiger partial charge in [0.05, 0.1) is 11.6 Å². The Kier molecular flexibility index (Phi) is 4.61. The summed E-state index contributed by atoms with van der Waals surface area (Å²) in [5.41, 5.74) is 1.77. The number of anilines is 2. The van der Waals surface area contributed by atoms with Crippen LogP contribution in [0.4, 0.5) is 11.5 Å². The van der Waals surface area contributed by atoms with Crippen molar-refractivity contribution in [3.05, 3.63) is 39.7 Å². The van der Waals surface area contributed by atoms with Gasteiger partial charge in [-0.15, -0.1) is 0 Å². The quantitative estimate of drug-likeness (QED) is 0.846. The number of hydrogen-bond acceptors (Lipinski definition) is 4. The molecule has 0 spiro atoms. The van der Waals surface area contributed by atoms with Crippen molar-refractivity contribution in [3.8, 4) is 5.75 Å². The Morgan fingerprint density at radius 1 is 1.37 bits per heavy atom. The molecule has 19 heavy (non-hydrogen) atoms. The summed E-state index contributed by atoms with van der Waals surface area (Å²) in [6.07, 6.45) is 2.20. The van der Waals surface area contributed by atoms with Crippen LogP contribution in [0.25, 0.3) is 0 Å². The topological polar surface area (TPSA) is 47.0 Å². The van der Waals surface area contributed by atoms with Gasteiger partial charge in [-0.2, -0.15) is 0 Å². The number of rotatable bonds is 4. The van der Waals surface area contributed by atoms with E-state index in [1.54, 1.807) is 7.11 Å². The zero-order valence-electron chi connectivity index (χ0n) is 10.6. The fourth-order valence-electron chi connectivity index (χ4n) is 1.69. The second kappa shape index (κ2) is 6.21. The molecule has 2 aromatic rings. The van der Waals surface area contributed by atoms with Crippen LogP contribution in [0.5, 0.6) is 5.75 Å². The molecule has 0 aliphatic rings. The Morgan fingerprint density at radius 2 is 2.16 bits per heavy atom. The highest BCUT2D eigenvalue weighted by atomic mass is 79.9. The zero-order valence-corrected chi connectivity index (χ0v) is 12.9. The molecule has 4 nitrogen and oxygen atoms in total. The van der Waals surface area contributed by atoms with Crippen LogP contribution < -0.4 is 10.1 Å². The fraction of sp³-hybridized carbons (Fsp3) is 0.231. The number of ether oxygens (including phenoxy) is 1. The minimum absolute atomic E-state index is 0.476. The first-order valence-corrected chi connectivity index (χ1v) is 6.92. The summed E-state index contributed by atoms with van der Waals surface area (Å²) in [6.45, 7) is 2.01. The molecule has 0 aliphatic carbocycles. The van der Waals surface area contributed by atoms with E-state index in [-0.39, 0.29) is 0 Å². The lowest BCUT2D eigenvalue weighted by Crippen LogP contribution is -2.00.